The van der Waals surface area contributed by atoms with Gasteiger partial charge in [-0.1, -0.05) is 31.5 Å². The van der Waals surface area contributed by atoms with Crippen molar-refractivity contribution in [1.29, 1.82) is 0 Å². The van der Waals surface area contributed by atoms with Crippen molar-refractivity contribution in [2.45, 2.75) is 39.4 Å². The van der Waals surface area contributed by atoms with E-state index in [1.54, 1.807) is 0 Å². The number of hydrogen-bond donors (Lipinski definition) is 0. The van der Waals surface area contributed by atoms with E-state index in [-0.39, 0.29) is 6.10 Å². The Labute approximate surface area is 98.6 Å². The molecule has 0 amide bonds. The van der Waals surface area contributed by atoms with E-state index in [9.17, 15) is 0 Å². The Morgan fingerprint density at radius 2 is 2.00 bits per heavy atom. The molecule has 2 nitrogen and oxygen atoms in total. The van der Waals surface area contributed by atoms with Crippen LogP contribution in [0.4, 0.5) is 0 Å². The summed E-state index contributed by atoms with van der Waals surface area (Å²) in [4.78, 5) is 0. The molecule has 89 valence electrons. The third kappa shape index (κ3) is 4.67. The standard InChI is InChI=1S/C14H21O2/c1-4-5-10-15-11-13-8-6-7-9-14(13)16-12(2)3/h6-9,12H,1,4-5,10-11H2,2-3H3. The Kier molecular flexibility index (Phi) is 5.94. The van der Waals surface area contributed by atoms with Gasteiger partial charge in [-0.05, 0) is 26.3 Å². The summed E-state index contributed by atoms with van der Waals surface area (Å²) >= 11 is 0. The summed E-state index contributed by atoms with van der Waals surface area (Å²) in [6, 6.07) is 8.02. The van der Waals surface area contributed by atoms with Crippen molar-refractivity contribution in [2.75, 3.05) is 6.61 Å². The molecule has 16 heavy (non-hydrogen) atoms. The molecule has 0 spiro atoms. The molecule has 1 aromatic carbocycles. The quantitative estimate of drug-likeness (QED) is 0.655. The molecule has 1 radical (unpaired) electrons. The molecule has 0 heterocycles. The topological polar surface area (TPSA) is 18.5 Å². The molecule has 0 aromatic heterocycles. The van der Waals surface area contributed by atoms with Gasteiger partial charge in [-0.15, -0.1) is 0 Å². The summed E-state index contributed by atoms with van der Waals surface area (Å²) in [5, 5.41) is 0. The molecule has 0 fully saturated rings. The van der Waals surface area contributed by atoms with Crippen LogP contribution in [0, 0.1) is 6.92 Å². The molecule has 0 N–H and O–H groups in total. The summed E-state index contributed by atoms with van der Waals surface area (Å²) in [5.74, 6) is 0.923. The highest BCUT2D eigenvalue weighted by Gasteiger charge is 2.04. The van der Waals surface area contributed by atoms with Gasteiger partial charge in [-0.3, -0.25) is 0 Å². The van der Waals surface area contributed by atoms with Crippen LogP contribution in [0.1, 0.15) is 32.3 Å². The predicted octanol–water partition coefficient (Wildman–Crippen LogP) is 3.60. The van der Waals surface area contributed by atoms with Gasteiger partial charge >= 0.3 is 0 Å². The molecule has 0 atom stereocenters. The van der Waals surface area contributed by atoms with E-state index >= 15 is 0 Å². The van der Waals surface area contributed by atoms with E-state index in [0.29, 0.717) is 6.61 Å². The fourth-order valence-corrected chi connectivity index (χ4v) is 1.38. The normalized spacial score (nSPS) is 10.8. The number of para-hydroxylation sites is 1. The number of unbranched alkanes of at least 4 members (excludes halogenated alkanes) is 1. The first kappa shape index (κ1) is 13.0. The molecule has 0 unspecified atom stereocenters. The van der Waals surface area contributed by atoms with Crippen molar-refractivity contribution in [3.05, 3.63) is 36.8 Å². The highest BCUT2D eigenvalue weighted by atomic mass is 16.5. The van der Waals surface area contributed by atoms with Gasteiger partial charge in [0.05, 0.1) is 12.7 Å². The summed E-state index contributed by atoms with van der Waals surface area (Å²) in [6.45, 7) is 9.22. The highest BCUT2D eigenvalue weighted by molar-refractivity contribution is 5.32. The largest absolute Gasteiger partial charge is 0.491 e. The lowest BCUT2D eigenvalue weighted by Gasteiger charge is -2.14. The van der Waals surface area contributed by atoms with Crippen LogP contribution in [0.3, 0.4) is 0 Å². The minimum Gasteiger partial charge on any atom is -0.491 e. The van der Waals surface area contributed by atoms with Crippen LogP contribution in [-0.4, -0.2) is 12.7 Å². The zero-order chi connectivity index (χ0) is 11.8. The van der Waals surface area contributed by atoms with Gasteiger partial charge in [0.1, 0.15) is 5.75 Å². The lowest BCUT2D eigenvalue weighted by Crippen LogP contribution is -2.08. The summed E-state index contributed by atoms with van der Waals surface area (Å²) in [6.07, 6.45) is 2.12. The van der Waals surface area contributed by atoms with Crippen LogP contribution < -0.4 is 4.74 Å². The Balaban J connectivity index is 2.50. The van der Waals surface area contributed by atoms with E-state index < -0.39 is 0 Å². The van der Waals surface area contributed by atoms with Gasteiger partial charge in [0.15, 0.2) is 0 Å². The lowest BCUT2D eigenvalue weighted by atomic mass is 10.2. The fraction of sp³-hybridized carbons (Fsp3) is 0.500. The van der Waals surface area contributed by atoms with Crippen molar-refractivity contribution < 1.29 is 9.47 Å². The molecule has 0 aliphatic heterocycles. The summed E-state index contributed by atoms with van der Waals surface area (Å²) in [5.41, 5.74) is 1.11. The average Bonchev–Trinajstić information content (AvgIpc) is 2.26. The van der Waals surface area contributed by atoms with Gasteiger partial charge in [0.2, 0.25) is 0 Å². The van der Waals surface area contributed by atoms with E-state index in [0.717, 1.165) is 30.8 Å². The average molecular weight is 221 g/mol. The maximum atomic E-state index is 5.71. The van der Waals surface area contributed by atoms with Gasteiger partial charge in [0, 0.05) is 12.2 Å². The Morgan fingerprint density at radius 3 is 2.69 bits per heavy atom. The van der Waals surface area contributed by atoms with Crippen LogP contribution >= 0.6 is 0 Å². The molecular weight excluding hydrogens is 200 g/mol. The third-order valence-electron chi connectivity index (χ3n) is 2.13. The zero-order valence-corrected chi connectivity index (χ0v) is 10.2. The Bertz CT molecular complexity index is 295. The van der Waals surface area contributed by atoms with Gasteiger partial charge in [0.25, 0.3) is 0 Å². The molecule has 0 bridgehead atoms. The smallest absolute Gasteiger partial charge is 0.125 e. The van der Waals surface area contributed by atoms with Crippen LogP contribution in [0.15, 0.2) is 24.3 Å². The minimum absolute atomic E-state index is 0.195. The second-order valence-corrected chi connectivity index (χ2v) is 4.03. The Hall–Kier alpha value is -1.02. The van der Waals surface area contributed by atoms with Crippen molar-refractivity contribution in [1.82, 2.24) is 0 Å². The number of rotatable bonds is 7. The van der Waals surface area contributed by atoms with Crippen LogP contribution in [0.25, 0.3) is 0 Å². The molecule has 0 aliphatic rings. The van der Waals surface area contributed by atoms with Crippen molar-refractivity contribution >= 4 is 0 Å². The molecule has 1 aromatic rings. The molecule has 0 saturated carbocycles. The molecule has 0 saturated heterocycles. The highest BCUT2D eigenvalue weighted by Crippen LogP contribution is 2.20. The van der Waals surface area contributed by atoms with Crippen LogP contribution in [0.5, 0.6) is 5.75 Å². The summed E-state index contributed by atoms with van der Waals surface area (Å²) in [7, 11) is 0. The first-order valence-corrected chi connectivity index (χ1v) is 5.85. The van der Waals surface area contributed by atoms with Crippen molar-refractivity contribution in [3.8, 4) is 5.75 Å². The summed E-state index contributed by atoms with van der Waals surface area (Å²) < 4.78 is 11.3. The maximum Gasteiger partial charge on any atom is 0.125 e. The first-order valence-electron chi connectivity index (χ1n) is 5.85. The minimum atomic E-state index is 0.195. The molecular formula is C14H21O2. The van der Waals surface area contributed by atoms with Crippen LogP contribution in [0.2, 0.25) is 0 Å². The fourth-order valence-electron chi connectivity index (χ4n) is 1.38. The zero-order valence-electron chi connectivity index (χ0n) is 10.2. The molecule has 1 rings (SSSR count). The lowest BCUT2D eigenvalue weighted by molar-refractivity contribution is 0.115. The monoisotopic (exact) mass is 221 g/mol. The van der Waals surface area contributed by atoms with Crippen LogP contribution in [-0.2, 0) is 11.3 Å². The number of benzene rings is 1. The van der Waals surface area contributed by atoms with Crippen molar-refractivity contribution in [3.63, 3.8) is 0 Å². The molecule has 0 aliphatic carbocycles. The van der Waals surface area contributed by atoms with E-state index in [2.05, 4.69) is 6.92 Å². The van der Waals surface area contributed by atoms with E-state index in [1.807, 2.05) is 38.1 Å². The van der Waals surface area contributed by atoms with E-state index in [4.69, 9.17) is 9.47 Å². The maximum absolute atomic E-state index is 5.71. The predicted molar refractivity (Wildman–Crippen MR) is 66.5 cm³/mol. The second kappa shape index (κ2) is 7.29. The number of hydrogen-bond acceptors (Lipinski definition) is 2. The van der Waals surface area contributed by atoms with E-state index in [1.165, 1.54) is 0 Å². The first-order chi connectivity index (χ1) is 7.74. The molecule has 2 heteroatoms. The Morgan fingerprint density at radius 1 is 1.25 bits per heavy atom. The van der Waals surface area contributed by atoms with Gasteiger partial charge in [-0.25, -0.2) is 0 Å². The second-order valence-electron chi connectivity index (χ2n) is 4.03. The van der Waals surface area contributed by atoms with Crippen molar-refractivity contribution in [2.24, 2.45) is 0 Å². The third-order valence-corrected chi connectivity index (χ3v) is 2.13. The SMILES string of the molecule is [CH2]CCCOCc1ccccc1OC(C)C. The number of ether oxygens (including phenoxy) is 2. The van der Waals surface area contributed by atoms with Gasteiger partial charge < -0.3 is 9.47 Å². The van der Waals surface area contributed by atoms with Gasteiger partial charge in [-0.2, -0.15) is 0 Å².